The minimum absolute atomic E-state index is 0.0942. The first kappa shape index (κ1) is 47.8. The molecule has 4 heterocycles. The molecule has 17 heteroatoms. The van der Waals surface area contributed by atoms with Crippen LogP contribution >= 0.6 is 11.3 Å². The molecule has 342 valence electrons. The number of piperidine rings is 1. The third kappa shape index (κ3) is 13.0. The van der Waals surface area contributed by atoms with E-state index in [9.17, 15) is 29.1 Å². The fourth-order valence-electron chi connectivity index (χ4n) is 8.18. The lowest BCUT2D eigenvalue weighted by molar-refractivity contribution is -0.142. The molecule has 4 atom stereocenters. The highest BCUT2D eigenvalue weighted by molar-refractivity contribution is 7.13. The van der Waals surface area contributed by atoms with Gasteiger partial charge in [-0.2, -0.15) is 0 Å². The maximum absolute atomic E-state index is 13.9. The molecular weight excluding hydrogens is 829 g/mol. The normalized spacial score (nSPS) is 19.4. The predicted molar refractivity (Wildman–Crippen MR) is 236 cm³/mol. The molecular formula is C46H62N6O10S. The van der Waals surface area contributed by atoms with Gasteiger partial charge >= 0.3 is 0 Å². The van der Waals surface area contributed by atoms with Gasteiger partial charge in [-0.15, -0.1) is 11.3 Å². The van der Waals surface area contributed by atoms with Gasteiger partial charge in [-0.3, -0.25) is 29.3 Å². The van der Waals surface area contributed by atoms with Gasteiger partial charge in [-0.1, -0.05) is 57.2 Å². The zero-order valence-electron chi connectivity index (χ0n) is 36.8. The van der Waals surface area contributed by atoms with Crippen LogP contribution in [0.3, 0.4) is 0 Å². The van der Waals surface area contributed by atoms with Crippen molar-refractivity contribution in [3.63, 3.8) is 0 Å². The van der Waals surface area contributed by atoms with Crippen molar-refractivity contribution < 1.29 is 48.0 Å². The predicted octanol–water partition coefficient (Wildman–Crippen LogP) is 3.16. The van der Waals surface area contributed by atoms with Crippen LogP contribution in [0.4, 0.5) is 0 Å². The van der Waals surface area contributed by atoms with Crippen molar-refractivity contribution in [1.82, 2.24) is 30.7 Å². The number of imide groups is 1. The number of β-amino-alcohol motifs (C(OH)–C–C–N with tert-alkyl or cyclic N) is 1. The van der Waals surface area contributed by atoms with Gasteiger partial charge in [0.2, 0.25) is 23.6 Å². The second-order valence-corrected chi connectivity index (χ2v) is 18.1. The standard InChI is InChI=1S/C46H62N6O10S/c1-30-40(63-29-49-30)33-12-10-31(11-13-33)26-48-42(55)38-25-34(53)27-51(38)45(58)41(46(2,3)4)47-16-18-60-20-22-62-24-23-61-21-19-59-17-6-8-32-7-5-9-35-36(32)28-52(44(35)57)37-14-15-39(54)50-43(37)56/h5,7,9-13,29,34,37-38,41,47,53H,6,8,14-28H2,1-4H3,(H,48,55)(H,50,54,56)/t34-,37?,38+,41-/m1/s1. The molecule has 16 nitrogen and oxygen atoms in total. The average molecular weight is 891 g/mol. The van der Waals surface area contributed by atoms with Crippen LogP contribution in [0.25, 0.3) is 10.4 Å². The van der Waals surface area contributed by atoms with Gasteiger partial charge in [-0.05, 0) is 59.9 Å². The highest BCUT2D eigenvalue weighted by atomic mass is 32.1. The van der Waals surface area contributed by atoms with Crippen LogP contribution in [-0.2, 0) is 57.6 Å². The molecule has 0 aliphatic carbocycles. The fourth-order valence-corrected chi connectivity index (χ4v) is 8.99. The Morgan fingerprint density at radius 1 is 0.952 bits per heavy atom. The molecule has 4 N–H and O–H groups in total. The Hall–Kier alpha value is -4.62. The van der Waals surface area contributed by atoms with Gasteiger partial charge in [0.25, 0.3) is 5.91 Å². The zero-order chi connectivity index (χ0) is 44.9. The van der Waals surface area contributed by atoms with Crippen LogP contribution in [0.15, 0.2) is 48.0 Å². The molecule has 63 heavy (non-hydrogen) atoms. The lowest BCUT2D eigenvalue weighted by Gasteiger charge is -2.35. The third-order valence-corrected chi connectivity index (χ3v) is 12.5. The van der Waals surface area contributed by atoms with Crippen molar-refractivity contribution in [2.24, 2.45) is 5.41 Å². The summed E-state index contributed by atoms with van der Waals surface area (Å²) in [4.78, 5) is 72.8. The molecule has 0 radical (unpaired) electrons. The van der Waals surface area contributed by atoms with E-state index in [1.54, 1.807) is 22.3 Å². The van der Waals surface area contributed by atoms with Crippen LogP contribution in [0.2, 0.25) is 0 Å². The molecule has 6 rings (SSSR count). The summed E-state index contributed by atoms with van der Waals surface area (Å²) in [5.41, 5.74) is 6.96. The Bertz CT molecular complexity index is 2040. The molecule has 2 aromatic carbocycles. The average Bonchev–Trinajstić information content (AvgIpc) is 3.97. The Labute approximate surface area is 373 Å². The van der Waals surface area contributed by atoms with Gasteiger partial charge in [0.1, 0.15) is 12.1 Å². The summed E-state index contributed by atoms with van der Waals surface area (Å²) in [7, 11) is 0. The number of ether oxygens (including phenoxy) is 4. The number of hydrogen-bond acceptors (Lipinski definition) is 13. The Kier molecular flexibility index (Phi) is 17.3. The first-order chi connectivity index (χ1) is 30.3. The largest absolute Gasteiger partial charge is 0.391 e. The summed E-state index contributed by atoms with van der Waals surface area (Å²) in [5.74, 6) is -1.41. The first-order valence-corrected chi connectivity index (χ1v) is 22.7. The molecule has 1 aromatic heterocycles. The molecule has 1 unspecified atom stereocenters. The molecule has 5 amide bonds. The lowest BCUT2D eigenvalue weighted by atomic mass is 9.85. The van der Waals surface area contributed by atoms with E-state index >= 15 is 0 Å². The highest BCUT2D eigenvalue weighted by Crippen LogP contribution is 2.31. The number of rotatable bonds is 23. The van der Waals surface area contributed by atoms with Crippen LogP contribution in [0.5, 0.6) is 0 Å². The zero-order valence-corrected chi connectivity index (χ0v) is 37.6. The number of amides is 5. The number of aryl methyl sites for hydroxylation is 2. The number of aliphatic hydroxyl groups excluding tert-OH is 1. The van der Waals surface area contributed by atoms with Crippen LogP contribution in [-0.4, -0.2) is 140 Å². The van der Waals surface area contributed by atoms with E-state index in [4.69, 9.17) is 18.9 Å². The molecule has 0 spiro atoms. The van der Waals surface area contributed by atoms with Crippen molar-refractivity contribution in [2.75, 3.05) is 65.9 Å². The van der Waals surface area contributed by atoms with Crippen molar-refractivity contribution in [1.29, 1.82) is 0 Å². The van der Waals surface area contributed by atoms with E-state index < -0.39 is 35.6 Å². The number of aliphatic hydroxyl groups is 1. The number of thiazole rings is 1. The molecule has 3 aromatic rings. The van der Waals surface area contributed by atoms with Gasteiger partial charge in [0.05, 0.1) is 74.5 Å². The van der Waals surface area contributed by atoms with Crippen molar-refractivity contribution in [3.8, 4) is 10.4 Å². The second kappa shape index (κ2) is 22.8. The van der Waals surface area contributed by atoms with Crippen molar-refractivity contribution in [3.05, 3.63) is 75.9 Å². The SMILES string of the molecule is Cc1ncsc1-c1ccc(CNC(=O)[C@@H]2C[C@@H](O)CN2C(=O)[C@@H](NCCOCCOCCOCCOCCCc2cccc3c2CN(C2CCC(=O)NC2=O)C3=O)C(C)(C)C)cc1. The summed E-state index contributed by atoms with van der Waals surface area (Å²) in [6.45, 7) is 12.4. The Morgan fingerprint density at radius 3 is 2.29 bits per heavy atom. The van der Waals surface area contributed by atoms with E-state index in [1.807, 2.05) is 69.6 Å². The van der Waals surface area contributed by atoms with Gasteiger partial charge in [-0.25, -0.2) is 4.98 Å². The number of fused-ring (bicyclic) bond motifs is 1. The van der Waals surface area contributed by atoms with Gasteiger partial charge in [0.15, 0.2) is 0 Å². The van der Waals surface area contributed by atoms with E-state index in [-0.39, 0.29) is 43.0 Å². The van der Waals surface area contributed by atoms with Crippen molar-refractivity contribution >= 4 is 40.9 Å². The van der Waals surface area contributed by atoms with E-state index in [0.29, 0.717) is 84.5 Å². The number of nitrogens with zero attached hydrogens (tertiary/aromatic N) is 3. The highest BCUT2D eigenvalue weighted by Gasteiger charge is 2.44. The topological polar surface area (TPSA) is 198 Å². The minimum atomic E-state index is -0.785. The van der Waals surface area contributed by atoms with Crippen molar-refractivity contribution in [2.45, 2.75) is 97.1 Å². The van der Waals surface area contributed by atoms with E-state index in [0.717, 1.165) is 45.7 Å². The van der Waals surface area contributed by atoms with E-state index in [2.05, 4.69) is 20.9 Å². The van der Waals surface area contributed by atoms with Gasteiger partial charge in [0, 0.05) is 51.2 Å². The summed E-state index contributed by atoms with van der Waals surface area (Å²) in [6, 6.07) is 11.6. The lowest BCUT2D eigenvalue weighted by Crippen LogP contribution is -2.57. The van der Waals surface area contributed by atoms with Crippen LogP contribution in [0, 0.1) is 12.3 Å². The number of carbonyl (C=O) groups excluding carboxylic acids is 5. The van der Waals surface area contributed by atoms with Gasteiger partial charge < -0.3 is 44.5 Å². The number of hydrogen-bond donors (Lipinski definition) is 4. The number of nitrogens with one attached hydrogen (secondary N) is 3. The molecule has 3 aliphatic rings. The van der Waals surface area contributed by atoms with Crippen LogP contribution < -0.4 is 16.0 Å². The molecule has 2 saturated heterocycles. The molecule has 2 fully saturated rings. The van der Waals surface area contributed by atoms with E-state index in [1.165, 1.54) is 4.90 Å². The third-order valence-electron chi connectivity index (χ3n) is 11.5. The minimum Gasteiger partial charge on any atom is -0.391 e. The summed E-state index contributed by atoms with van der Waals surface area (Å²) in [6.07, 6.45) is 1.46. The monoisotopic (exact) mass is 890 g/mol. The summed E-state index contributed by atoms with van der Waals surface area (Å²) >= 11 is 1.59. The Morgan fingerprint density at radius 2 is 1.63 bits per heavy atom. The molecule has 0 bridgehead atoms. The molecule has 3 aliphatic heterocycles. The second-order valence-electron chi connectivity index (χ2n) is 17.2. The smallest absolute Gasteiger partial charge is 0.255 e. The number of likely N-dealkylation sites (tertiary alicyclic amines) is 1. The number of carbonyl (C=O) groups is 5. The van der Waals surface area contributed by atoms with Crippen LogP contribution in [0.1, 0.15) is 79.2 Å². The summed E-state index contributed by atoms with van der Waals surface area (Å²) < 4.78 is 22.8. The Balaban J connectivity index is 0.796. The number of benzene rings is 2. The molecule has 0 saturated carbocycles. The number of aromatic nitrogens is 1. The maximum Gasteiger partial charge on any atom is 0.255 e. The quantitative estimate of drug-likeness (QED) is 0.0804. The summed E-state index contributed by atoms with van der Waals surface area (Å²) in [5, 5.41) is 19.2. The first-order valence-electron chi connectivity index (χ1n) is 21.9. The maximum atomic E-state index is 13.9. The fraction of sp³-hybridized carbons (Fsp3) is 0.565.